The Labute approximate surface area is 128 Å². The molecule has 2 aromatic rings. The maximum Gasteiger partial charge on any atom is 0.419 e. The van der Waals surface area contributed by atoms with Gasteiger partial charge in [-0.3, -0.25) is 0 Å². The van der Waals surface area contributed by atoms with Crippen molar-refractivity contribution >= 4 is 17.5 Å². The second kappa shape index (κ2) is 4.94. The van der Waals surface area contributed by atoms with E-state index in [0.717, 1.165) is 0 Å². The third kappa shape index (κ3) is 2.70. The normalized spacial score (nSPS) is 12.1. The largest absolute Gasteiger partial charge is 0.504 e. The molecule has 1 aliphatic heterocycles. The molecular weight excluding hydrogens is 282 g/mol. The average Bonchev–Trinajstić information content (AvgIpc) is 3.22. The van der Waals surface area contributed by atoms with E-state index >= 15 is 0 Å². The molecule has 0 bridgehead atoms. The molecule has 22 heavy (non-hydrogen) atoms. The highest BCUT2D eigenvalue weighted by molar-refractivity contribution is 6.00. The van der Waals surface area contributed by atoms with E-state index in [-0.39, 0.29) is 5.75 Å². The number of nitrogens with zero attached hydrogens (tertiary/aromatic N) is 1. The van der Waals surface area contributed by atoms with Gasteiger partial charge in [-0.2, -0.15) is 0 Å². The molecule has 0 saturated heterocycles. The maximum absolute atomic E-state index is 12.6. The fourth-order valence-electron chi connectivity index (χ4n) is 2.13. The van der Waals surface area contributed by atoms with Gasteiger partial charge in [0.25, 0.3) is 0 Å². The Morgan fingerprint density at radius 2 is 1.77 bits per heavy atom. The highest BCUT2D eigenvalue weighted by Gasteiger charge is 2.35. The molecule has 0 aromatic heterocycles. The average molecular weight is 299 g/mol. The van der Waals surface area contributed by atoms with E-state index in [1.165, 1.54) is 11.0 Å². The predicted octanol–water partition coefficient (Wildman–Crippen LogP) is 4.57. The Morgan fingerprint density at radius 3 is 2.41 bits per heavy atom. The first-order valence-corrected chi connectivity index (χ1v) is 6.99. The lowest BCUT2D eigenvalue weighted by atomic mass is 10.2. The van der Waals surface area contributed by atoms with Gasteiger partial charge in [0.1, 0.15) is 5.60 Å². The maximum atomic E-state index is 12.6. The summed E-state index contributed by atoms with van der Waals surface area (Å²) >= 11 is 0. The number of aromatic hydroxyl groups is 1. The molecule has 0 unspecified atom stereocenters. The third-order valence-electron chi connectivity index (χ3n) is 3.06. The number of fused-ring (bicyclic) bond motifs is 1. The van der Waals surface area contributed by atoms with E-state index in [1.807, 2.05) is 51.1 Å². The number of phenols is 1. The first-order valence-electron chi connectivity index (χ1n) is 6.99. The van der Waals surface area contributed by atoms with E-state index < -0.39 is 11.7 Å². The molecule has 3 rings (SSSR count). The molecule has 0 atom stereocenters. The Balaban J connectivity index is 2.03. The number of amides is 1. The van der Waals surface area contributed by atoms with Gasteiger partial charge in [-0.15, -0.1) is 0 Å². The number of carbonyl (C=O) groups excluding carboxylic acids is 1. The molecule has 0 saturated carbocycles. The highest BCUT2D eigenvalue weighted by atomic mass is 16.6. The van der Waals surface area contributed by atoms with Crippen LogP contribution < -0.4 is 9.64 Å². The summed E-state index contributed by atoms with van der Waals surface area (Å²) in [6.07, 6.45) is -0.498. The van der Waals surface area contributed by atoms with Crippen LogP contribution in [-0.4, -0.2) is 16.8 Å². The second-order valence-electron chi connectivity index (χ2n) is 6.02. The van der Waals surface area contributed by atoms with Gasteiger partial charge in [-0.1, -0.05) is 18.2 Å². The summed E-state index contributed by atoms with van der Waals surface area (Å²) in [6.45, 7) is 5.44. The lowest BCUT2D eigenvalue weighted by Gasteiger charge is -2.27. The van der Waals surface area contributed by atoms with Crippen LogP contribution in [0.2, 0.25) is 0 Å². The van der Waals surface area contributed by atoms with Crippen molar-refractivity contribution < 1.29 is 19.4 Å². The number of hydrogen-bond donors (Lipinski definition) is 1. The van der Waals surface area contributed by atoms with Crippen molar-refractivity contribution in [3.05, 3.63) is 42.5 Å². The summed E-state index contributed by atoms with van der Waals surface area (Å²) < 4.78 is 10.8. The molecule has 1 heterocycles. The summed E-state index contributed by atoms with van der Waals surface area (Å²) in [5.74, 6) is 0.965. The van der Waals surface area contributed by atoms with Crippen LogP contribution in [0.4, 0.5) is 16.2 Å². The molecule has 2 aromatic carbocycles. The highest BCUT2D eigenvalue weighted by Crippen LogP contribution is 2.58. The molecule has 0 fully saturated rings. The zero-order valence-electron chi connectivity index (χ0n) is 12.7. The predicted molar refractivity (Wildman–Crippen MR) is 83.0 cm³/mol. The number of carbonyl (C=O) groups is 1. The lowest BCUT2D eigenvalue weighted by Crippen LogP contribution is -2.33. The fourth-order valence-corrected chi connectivity index (χ4v) is 2.13. The Morgan fingerprint density at radius 1 is 1.09 bits per heavy atom. The summed E-state index contributed by atoms with van der Waals surface area (Å²) in [5, 5.41) is 9.61. The van der Waals surface area contributed by atoms with Crippen LogP contribution >= 0.6 is 0 Å². The van der Waals surface area contributed by atoms with Gasteiger partial charge >= 0.3 is 6.09 Å². The van der Waals surface area contributed by atoms with Gasteiger partial charge in [-0.05, 0) is 45.0 Å². The van der Waals surface area contributed by atoms with Crippen LogP contribution in [0, 0.1) is 0 Å². The minimum atomic E-state index is -0.612. The molecular formula is C17H17NO4. The topological polar surface area (TPSA) is 62.3 Å². The number of para-hydroxylation sites is 1. The van der Waals surface area contributed by atoms with E-state index in [0.29, 0.717) is 22.9 Å². The van der Waals surface area contributed by atoms with Gasteiger partial charge in [0.15, 0.2) is 11.5 Å². The second-order valence-corrected chi connectivity index (χ2v) is 6.02. The standard InChI is InChI=1S/C17H17NO4/c1-17(2,3)22-16(20)18(11-7-5-4-6-8-11)12-9-10-13(19)15-14(12)21-15/h4-10,19H,1-3H3. The SMILES string of the molecule is CC(C)(C)OC(=O)N(c1ccccc1)c1ccc(O)c2c1O2. The van der Waals surface area contributed by atoms with Crippen molar-refractivity contribution in [3.63, 3.8) is 0 Å². The summed E-state index contributed by atoms with van der Waals surface area (Å²) in [6, 6.07) is 12.3. The van der Waals surface area contributed by atoms with Crippen molar-refractivity contribution in [2.45, 2.75) is 26.4 Å². The van der Waals surface area contributed by atoms with Crippen LogP contribution in [-0.2, 0) is 4.74 Å². The zero-order valence-corrected chi connectivity index (χ0v) is 12.7. The summed E-state index contributed by atoms with van der Waals surface area (Å²) in [5.41, 5.74) is 0.604. The van der Waals surface area contributed by atoms with Gasteiger partial charge in [0.05, 0.1) is 11.4 Å². The minimum absolute atomic E-state index is 0.0657. The van der Waals surface area contributed by atoms with Crippen LogP contribution in [0.5, 0.6) is 17.2 Å². The van der Waals surface area contributed by atoms with Crippen molar-refractivity contribution in [1.29, 1.82) is 0 Å². The number of ether oxygens (including phenoxy) is 2. The van der Waals surface area contributed by atoms with Gasteiger partial charge in [0.2, 0.25) is 5.75 Å². The number of phenolic OH excluding ortho intramolecular Hbond substituents is 1. The van der Waals surface area contributed by atoms with E-state index in [1.54, 1.807) is 6.07 Å². The zero-order chi connectivity index (χ0) is 15.9. The summed E-state index contributed by atoms with van der Waals surface area (Å²) in [4.78, 5) is 14.0. The quantitative estimate of drug-likeness (QED) is 0.704. The van der Waals surface area contributed by atoms with Crippen LogP contribution in [0.3, 0.4) is 0 Å². The van der Waals surface area contributed by atoms with Crippen molar-refractivity contribution in [2.24, 2.45) is 0 Å². The number of hydrogen-bond acceptors (Lipinski definition) is 4. The molecule has 114 valence electrons. The third-order valence-corrected chi connectivity index (χ3v) is 3.06. The lowest BCUT2D eigenvalue weighted by molar-refractivity contribution is 0.0599. The minimum Gasteiger partial charge on any atom is -0.504 e. The van der Waals surface area contributed by atoms with Gasteiger partial charge in [0, 0.05) is 0 Å². The molecule has 1 N–H and O–H groups in total. The number of rotatable bonds is 2. The number of anilines is 2. The van der Waals surface area contributed by atoms with Gasteiger partial charge in [-0.25, -0.2) is 9.69 Å². The van der Waals surface area contributed by atoms with E-state index in [4.69, 9.17) is 9.47 Å². The Bertz CT molecular complexity index is 719. The monoisotopic (exact) mass is 299 g/mol. The number of benzene rings is 2. The summed E-state index contributed by atoms with van der Waals surface area (Å²) in [7, 11) is 0. The molecule has 1 amide bonds. The van der Waals surface area contributed by atoms with Gasteiger partial charge < -0.3 is 14.6 Å². The molecule has 0 radical (unpaired) electrons. The van der Waals surface area contributed by atoms with Crippen LogP contribution in [0.15, 0.2) is 42.5 Å². The van der Waals surface area contributed by atoms with Crippen molar-refractivity contribution in [1.82, 2.24) is 0 Å². The van der Waals surface area contributed by atoms with Crippen molar-refractivity contribution in [3.8, 4) is 17.2 Å². The first-order chi connectivity index (χ1) is 10.4. The molecule has 1 aliphatic rings. The first kappa shape index (κ1) is 14.3. The van der Waals surface area contributed by atoms with Crippen molar-refractivity contribution in [2.75, 3.05) is 4.90 Å². The van der Waals surface area contributed by atoms with E-state index in [9.17, 15) is 9.90 Å². The van der Waals surface area contributed by atoms with Crippen LogP contribution in [0.25, 0.3) is 0 Å². The molecule has 5 nitrogen and oxygen atoms in total. The molecule has 0 spiro atoms. The van der Waals surface area contributed by atoms with E-state index in [2.05, 4.69) is 0 Å². The molecule has 5 heteroatoms. The Kier molecular flexibility index (Phi) is 3.20. The van der Waals surface area contributed by atoms with Crippen LogP contribution in [0.1, 0.15) is 20.8 Å². The smallest absolute Gasteiger partial charge is 0.419 e. The molecule has 0 aliphatic carbocycles. The Hall–Kier alpha value is -2.69. The fraction of sp³-hybridized carbons (Fsp3) is 0.235.